The molecule has 3 aliphatic carbocycles. The van der Waals surface area contributed by atoms with Crippen LogP contribution in [0.15, 0.2) is 131 Å². The van der Waals surface area contributed by atoms with Crippen molar-refractivity contribution in [1.82, 2.24) is 0 Å². The van der Waals surface area contributed by atoms with Crippen LogP contribution in [0.2, 0.25) is 0 Å². The van der Waals surface area contributed by atoms with Crippen molar-refractivity contribution in [3.63, 3.8) is 0 Å². The van der Waals surface area contributed by atoms with Gasteiger partial charge in [0.2, 0.25) is 0 Å². The van der Waals surface area contributed by atoms with E-state index in [-0.39, 0.29) is 33.4 Å². The van der Waals surface area contributed by atoms with Crippen molar-refractivity contribution in [2.24, 2.45) is 11.8 Å². The Kier molecular flexibility index (Phi) is 5.62. The Balaban J connectivity index is 1.25. The summed E-state index contributed by atoms with van der Waals surface area (Å²) < 4.78 is 36.0. The van der Waals surface area contributed by atoms with E-state index in [4.69, 9.17) is 26.5 Å². The van der Waals surface area contributed by atoms with Crippen molar-refractivity contribution >= 4 is 77.0 Å². The van der Waals surface area contributed by atoms with Gasteiger partial charge in [-0.3, -0.25) is 0 Å². The lowest BCUT2D eigenvalue weighted by Gasteiger charge is -2.59. The van der Waals surface area contributed by atoms with Crippen LogP contribution >= 0.6 is 0 Å². The third-order valence-electron chi connectivity index (χ3n) is 12.6. The molecule has 4 heterocycles. The second-order valence-electron chi connectivity index (χ2n) is 15.8. The lowest BCUT2D eigenvalue weighted by molar-refractivity contribution is 0.325. The SMILES string of the molecule is CC(C)C12c3cc4ccccc4cc3C(C(C)C)(c3cc4oc5cc6c(=O)oc(=O)c6cc5oc4cc31)c1cc3oc4cc5c(=O)oc(=O)c5cc4oc3cc12. The molecule has 0 N–H and O–H groups in total. The summed E-state index contributed by atoms with van der Waals surface area (Å²) in [5.41, 5.74) is 5.32. The summed E-state index contributed by atoms with van der Waals surface area (Å²) in [6.07, 6.45) is 0. The second-order valence-corrected chi connectivity index (χ2v) is 15.8. The number of hydrogen-bond donors (Lipinski definition) is 0. The van der Waals surface area contributed by atoms with Gasteiger partial charge in [0.25, 0.3) is 0 Å². The van der Waals surface area contributed by atoms with Crippen LogP contribution < -0.4 is 22.5 Å². The van der Waals surface area contributed by atoms with E-state index in [9.17, 15) is 19.2 Å². The van der Waals surface area contributed by atoms with E-state index in [0.29, 0.717) is 44.7 Å². The van der Waals surface area contributed by atoms with Gasteiger partial charge in [-0.2, -0.15) is 0 Å². The van der Waals surface area contributed by atoms with Gasteiger partial charge in [-0.05, 0) is 92.4 Å². The second kappa shape index (κ2) is 10.0. The summed E-state index contributed by atoms with van der Waals surface area (Å²) >= 11 is 0. The third kappa shape index (κ3) is 3.53. The Morgan fingerprint density at radius 2 is 0.607 bits per heavy atom. The molecule has 0 spiro atoms. The van der Waals surface area contributed by atoms with Gasteiger partial charge in [0.1, 0.15) is 0 Å². The molecule has 10 heteroatoms. The van der Waals surface area contributed by atoms with Crippen molar-refractivity contribution in [2.75, 3.05) is 0 Å². The zero-order valence-corrected chi connectivity index (χ0v) is 30.3. The maximum atomic E-state index is 12.5. The first-order valence-corrected chi connectivity index (χ1v) is 18.5. The Morgan fingerprint density at radius 3 is 0.875 bits per heavy atom. The summed E-state index contributed by atoms with van der Waals surface area (Å²) in [7, 11) is 0. The molecule has 10 nitrogen and oxygen atoms in total. The summed E-state index contributed by atoms with van der Waals surface area (Å²) in [6, 6.07) is 27.3. The zero-order valence-electron chi connectivity index (χ0n) is 30.3. The normalized spacial score (nSPS) is 18.8. The predicted molar refractivity (Wildman–Crippen MR) is 210 cm³/mol. The first-order chi connectivity index (χ1) is 27.0. The van der Waals surface area contributed by atoms with Crippen molar-refractivity contribution in [1.29, 1.82) is 0 Å². The van der Waals surface area contributed by atoms with E-state index < -0.39 is 33.3 Å². The number of benzene rings is 6. The third-order valence-corrected chi connectivity index (χ3v) is 12.6. The molecular formula is C46H28O10. The van der Waals surface area contributed by atoms with Crippen LogP contribution in [-0.2, 0) is 10.8 Å². The molecule has 0 fully saturated rings. The van der Waals surface area contributed by atoms with Crippen LogP contribution in [0.3, 0.4) is 0 Å². The molecule has 3 aliphatic rings. The fourth-order valence-electron chi connectivity index (χ4n) is 10.3. The zero-order chi connectivity index (χ0) is 38.2. The predicted octanol–water partition coefficient (Wildman–Crippen LogP) is 9.37. The highest BCUT2D eigenvalue weighted by atomic mass is 16.4. The van der Waals surface area contributed by atoms with Gasteiger partial charge < -0.3 is 26.5 Å². The largest absolute Gasteiger partial charge is 0.449 e. The highest BCUT2D eigenvalue weighted by Gasteiger charge is 2.61. The molecule has 0 radical (unpaired) electrons. The fraction of sp³-hybridized carbons (Fsp3) is 0.174. The number of fused-ring (bicyclic) bond motifs is 7. The minimum Gasteiger partial charge on any atom is -0.449 e. The van der Waals surface area contributed by atoms with Gasteiger partial charge in [-0.1, -0.05) is 52.0 Å². The van der Waals surface area contributed by atoms with E-state index in [2.05, 4.69) is 88.4 Å². The number of hydrogen-bond acceptors (Lipinski definition) is 10. The highest BCUT2D eigenvalue weighted by Crippen LogP contribution is 2.67. The van der Waals surface area contributed by atoms with Gasteiger partial charge in [-0.15, -0.1) is 0 Å². The van der Waals surface area contributed by atoms with Crippen LogP contribution in [0.4, 0.5) is 0 Å². The minimum absolute atomic E-state index is 0.0110. The molecule has 13 rings (SSSR count). The summed E-state index contributed by atoms with van der Waals surface area (Å²) in [5, 5.41) is 2.76. The lowest BCUT2D eigenvalue weighted by atomic mass is 9.42. The van der Waals surface area contributed by atoms with Crippen LogP contribution in [0.1, 0.15) is 61.1 Å². The number of rotatable bonds is 2. The molecule has 0 saturated carbocycles. The molecule has 272 valence electrons. The van der Waals surface area contributed by atoms with Crippen LogP contribution in [0.5, 0.6) is 0 Å². The molecule has 0 amide bonds. The Bertz CT molecular complexity index is 3280. The summed E-state index contributed by atoms with van der Waals surface area (Å²) in [4.78, 5) is 49.9. The van der Waals surface area contributed by atoms with Crippen molar-refractivity contribution in [3.05, 3.63) is 160 Å². The van der Waals surface area contributed by atoms with Crippen LogP contribution in [0.25, 0.3) is 77.0 Å². The highest BCUT2D eigenvalue weighted by molar-refractivity contribution is 5.97. The molecule has 0 atom stereocenters. The van der Waals surface area contributed by atoms with Gasteiger partial charge in [-0.25, -0.2) is 19.2 Å². The lowest BCUT2D eigenvalue weighted by Crippen LogP contribution is -2.55. The maximum Gasteiger partial charge on any atom is 0.347 e. The molecule has 6 aromatic carbocycles. The van der Waals surface area contributed by atoms with Crippen molar-refractivity contribution < 1.29 is 26.5 Å². The van der Waals surface area contributed by atoms with Crippen LogP contribution in [-0.4, -0.2) is 0 Å². The maximum absolute atomic E-state index is 12.5. The van der Waals surface area contributed by atoms with Gasteiger partial charge in [0, 0.05) is 35.1 Å². The topological polar surface area (TPSA) is 147 Å². The minimum atomic E-state index is -0.736. The molecule has 10 aromatic rings. The summed E-state index contributed by atoms with van der Waals surface area (Å²) in [6.45, 7) is 8.87. The summed E-state index contributed by atoms with van der Waals surface area (Å²) in [5.74, 6) is -0.0219. The molecule has 0 aliphatic heterocycles. The van der Waals surface area contributed by atoms with E-state index in [1.165, 1.54) is 35.4 Å². The standard InChI is InChI=1S/C46H28O10/c1-19(2)45-27-9-21-7-5-6-8-22(21)10-28(27)46(20(3)4,31-17-39-37(15-29(31)45)51-33-11-23-25(13-35(33)53-39)43(49)55-41(23)47)32-18-40-38(16-30(32)45)52-34-12-24-26(14-36(34)54-40)44(50)56-42(24)48/h5-20H,1-4H3. The first kappa shape index (κ1) is 31.4. The van der Waals surface area contributed by atoms with Crippen molar-refractivity contribution in [3.8, 4) is 0 Å². The van der Waals surface area contributed by atoms with E-state index >= 15 is 0 Å². The monoisotopic (exact) mass is 740 g/mol. The molecule has 2 bridgehead atoms. The Labute approximate surface area is 313 Å². The number of furan rings is 2. The van der Waals surface area contributed by atoms with Gasteiger partial charge in [0.15, 0.2) is 44.7 Å². The van der Waals surface area contributed by atoms with Gasteiger partial charge >= 0.3 is 22.5 Å². The van der Waals surface area contributed by atoms with Crippen molar-refractivity contribution in [2.45, 2.75) is 38.5 Å². The molecule has 0 unspecified atom stereocenters. The molecule has 0 saturated heterocycles. The smallest absolute Gasteiger partial charge is 0.347 e. The first-order valence-electron chi connectivity index (χ1n) is 18.5. The fourth-order valence-corrected chi connectivity index (χ4v) is 10.3. The van der Waals surface area contributed by atoms with E-state index in [1.54, 1.807) is 0 Å². The molecular weight excluding hydrogens is 712 g/mol. The van der Waals surface area contributed by atoms with Crippen LogP contribution in [0, 0.1) is 11.8 Å². The molecule has 56 heavy (non-hydrogen) atoms. The Hall–Kier alpha value is -6.94. The Morgan fingerprint density at radius 1 is 0.357 bits per heavy atom. The van der Waals surface area contributed by atoms with E-state index in [1.807, 2.05) is 0 Å². The molecule has 4 aromatic heterocycles. The van der Waals surface area contributed by atoms with Gasteiger partial charge in [0.05, 0.1) is 21.5 Å². The average molecular weight is 741 g/mol. The quantitative estimate of drug-likeness (QED) is 0.157. The van der Waals surface area contributed by atoms with E-state index in [0.717, 1.165) is 33.0 Å². The average Bonchev–Trinajstić information content (AvgIpc) is 3.61.